The van der Waals surface area contributed by atoms with E-state index in [1.807, 2.05) is 31.2 Å². The van der Waals surface area contributed by atoms with Crippen LogP contribution >= 0.6 is 11.8 Å². The smallest absolute Gasteiger partial charge is 0.194 e. The van der Waals surface area contributed by atoms with Gasteiger partial charge in [0.2, 0.25) is 0 Å². The number of aromatic amines is 1. The first-order chi connectivity index (χ1) is 9.35. The fourth-order valence-electron chi connectivity index (χ4n) is 1.67. The van der Waals surface area contributed by atoms with Crippen molar-refractivity contribution >= 4 is 22.9 Å². The Balaban J connectivity index is 1.85. The molecule has 0 bridgehead atoms. The van der Waals surface area contributed by atoms with Crippen LogP contribution in [0.1, 0.15) is 6.92 Å². The molecule has 3 rings (SSSR count). The zero-order valence-corrected chi connectivity index (χ0v) is 11.1. The number of nitrogens with zero attached hydrogens (tertiary/aromatic N) is 3. The first-order valence-electron chi connectivity index (χ1n) is 5.92. The summed E-state index contributed by atoms with van der Waals surface area (Å²) in [5, 5.41) is 0.674. The van der Waals surface area contributed by atoms with Gasteiger partial charge in [0.25, 0.3) is 0 Å². The lowest BCUT2D eigenvalue weighted by atomic mass is 10.3. The van der Waals surface area contributed by atoms with Crippen molar-refractivity contribution in [3.63, 3.8) is 0 Å². The molecule has 0 radical (unpaired) electrons. The van der Waals surface area contributed by atoms with Gasteiger partial charge in [-0.15, -0.1) is 0 Å². The second kappa shape index (κ2) is 5.27. The summed E-state index contributed by atoms with van der Waals surface area (Å²) in [6.45, 7) is 2.62. The Morgan fingerprint density at radius 3 is 3.16 bits per heavy atom. The average Bonchev–Trinajstić information content (AvgIpc) is 2.87. The summed E-state index contributed by atoms with van der Waals surface area (Å²) >= 11 is 1.49. The van der Waals surface area contributed by atoms with E-state index in [4.69, 9.17) is 4.74 Å². The first-order valence-corrected chi connectivity index (χ1v) is 6.73. The van der Waals surface area contributed by atoms with Crippen LogP contribution < -0.4 is 4.74 Å². The van der Waals surface area contributed by atoms with E-state index in [-0.39, 0.29) is 0 Å². The van der Waals surface area contributed by atoms with Crippen molar-refractivity contribution in [1.29, 1.82) is 0 Å². The van der Waals surface area contributed by atoms with Crippen LogP contribution in [0.5, 0.6) is 5.75 Å². The van der Waals surface area contributed by atoms with Crippen molar-refractivity contribution < 1.29 is 4.74 Å². The van der Waals surface area contributed by atoms with E-state index in [0.717, 1.165) is 16.2 Å². The minimum absolute atomic E-state index is 0.657. The minimum Gasteiger partial charge on any atom is -0.494 e. The summed E-state index contributed by atoms with van der Waals surface area (Å²) in [7, 11) is 0. The molecule has 0 fully saturated rings. The highest BCUT2D eigenvalue weighted by Crippen LogP contribution is 2.28. The molecule has 19 heavy (non-hydrogen) atoms. The predicted molar refractivity (Wildman–Crippen MR) is 73.4 cm³/mol. The normalized spacial score (nSPS) is 10.8. The van der Waals surface area contributed by atoms with E-state index in [2.05, 4.69) is 19.9 Å². The maximum absolute atomic E-state index is 5.47. The Labute approximate surface area is 114 Å². The van der Waals surface area contributed by atoms with Gasteiger partial charge in [-0.3, -0.25) is 0 Å². The van der Waals surface area contributed by atoms with Gasteiger partial charge < -0.3 is 9.72 Å². The SMILES string of the molecule is CCOc1cccc(Sc2ncc3[nH]cnc3n2)c1. The largest absolute Gasteiger partial charge is 0.494 e. The van der Waals surface area contributed by atoms with E-state index in [1.54, 1.807) is 12.5 Å². The fourth-order valence-corrected chi connectivity index (χ4v) is 2.44. The quantitative estimate of drug-likeness (QED) is 0.740. The summed E-state index contributed by atoms with van der Waals surface area (Å²) in [6, 6.07) is 7.88. The maximum Gasteiger partial charge on any atom is 0.194 e. The Hall–Kier alpha value is -2.08. The molecule has 2 aromatic heterocycles. The molecule has 0 atom stereocenters. The third kappa shape index (κ3) is 2.68. The molecule has 5 nitrogen and oxygen atoms in total. The number of H-pyrrole nitrogens is 1. The fraction of sp³-hybridized carbons (Fsp3) is 0.154. The number of fused-ring (bicyclic) bond motifs is 1. The van der Waals surface area contributed by atoms with Crippen LogP contribution in [-0.4, -0.2) is 26.5 Å². The van der Waals surface area contributed by atoms with Crippen molar-refractivity contribution in [2.24, 2.45) is 0 Å². The van der Waals surface area contributed by atoms with Gasteiger partial charge in [0.15, 0.2) is 10.8 Å². The van der Waals surface area contributed by atoms with Crippen LogP contribution in [0.25, 0.3) is 11.2 Å². The number of ether oxygens (including phenoxy) is 1. The van der Waals surface area contributed by atoms with Crippen LogP contribution in [0.4, 0.5) is 0 Å². The average molecular weight is 272 g/mol. The monoisotopic (exact) mass is 272 g/mol. The molecule has 2 heterocycles. The van der Waals surface area contributed by atoms with Crippen molar-refractivity contribution in [2.75, 3.05) is 6.61 Å². The van der Waals surface area contributed by atoms with E-state index in [1.165, 1.54) is 11.8 Å². The molecule has 1 aromatic carbocycles. The molecular formula is C13H12N4OS. The summed E-state index contributed by atoms with van der Waals surface area (Å²) in [4.78, 5) is 16.8. The maximum atomic E-state index is 5.47. The number of imidazole rings is 1. The Morgan fingerprint density at radius 1 is 1.32 bits per heavy atom. The van der Waals surface area contributed by atoms with Gasteiger partial charge in [0.1, 0.15) is 11.3 Å². The lowest BCUT2D eigenvalue weighted by Crippen LogP contribution is -1.91. The lowest BCUT2D eigenvalue weighted by Gasteiger charge is -2.04. The summed E-state index contributed by atoms with van der Waals surface area (Å²) in [5.41, 5.74) is 1.52. The van der Waals surface area contributed by atoms with Gasteiger partial charge in [-0.1, -0.05) is 6.07 Å². The predicted octanol–water partition coefficient (Wildman–Crippen LogP) is 2.90. The molecule has 0 aliphatic carbocycles. The molecule has 0 amide bonds. The standard InChI is InChI=1S/C13H12N4OS/c1-2-18-9-4-3-5-10(6-9)19-13-14-7-11-12(17-13)16-8-15-11/h3-8H,2H2,1H3,(H,14,15,16,17). The molecule has 0 aliphatic heterocycles. The molecule has 0 unspecified atom stereocenters. The van der Waals surface area contributed by atoms with Crippen LogP contribution in [-0.2, 0) is 0 Å². The zero-order chi connectivity index (χ0) is 13.1. The highest BCUT2D eigenvalue weighted by Gasteiger charge is 2.05. The number of rotatable bonds is 4. The molecule has 0 aliphatic rings. The molecule has 1 N–H and O–H groups in total. The van der Waals surface area contributed by atoms with Gasteiger partial charge in [-0.05, 0) is 36.9 Å². The van der Waals surface area contributed by atoms with E-state index < -0.39 is 0 Å². The molecule has 0 spiro atoms. The van der Waals surface area contributed by atoms with Crippen LogP contribution in [0.15, 0.2) is 46.8 Å². The van der Waals surface area contributed by atoms with Gasteiger partial charge in [-0.2, -0.15) is 0 Å². The Kier molecular flexibility index (Phi) is 3.33. The Morgan fingerprint density at radius 2 is 2.26 bits per heavy atom. The first kappa shape index (κ1) is 12.0. The number of hydrogen-bond donors (Lipinski definition) is 1. The summed E-state index contributed by atoms with van der Waals surface area (Å²) in [5.74, 6) is 0.855. The topological polar surface area (TPSA) is 63.7 Å². The second-order valence-corrected chi connectivity index (χ2v) is 4.84. The number of hydrogen-bond acceptors (Lipinski definition) is 5. The van der Waals surface area contributed by atoms with E-state index in [9.17, 15) is 0 Å². The van der Waals surface area contributed by atoms with Crippen molar-refractivity contribution in [1.82, 2.24) is 19.9 Å². The van der Waals surface area contributed by atoms with Crippen LogP contribution in [0.2, 0.25) is 0 Å². The number of aromatic nitrogens is 4. The van der Waals surface area contributed by atoms with Crippen molar-refractivity contribution in [3.8, 4) is 5.75 Å². The van der Waals surface area contributed by atoms with Gasteiger partial charge in [-0.25, -0.2) is 15.0 Å². The van der Waals surface area contributed by atoms with Gasteiger partial charge >= 0.3 is 0 Å². The zero-order valence-electron chi connectivity index (χ0n) is 10.3. The van der Waals surface area contributed by atoms with Crippen LogP contribution in [0, 0.1) is 0 Å². The van der Waals surface area contributed by atoms with Gasteiger partial charge in [0, 0.05) is 4.90 Å². The third-order valence-corrected chi connectivity index (χ3v) is 3.35. The molecule has 96 valence electrons. The Bertz CT molecular complexity index is 698. The molecular weight excluding hydrogens is 260 g/mol. The van der Waals surface area contributed by atoms with Gasteiger partial charge in [0.05, 0.1) is 19.1 Å². The summed E-state index contributed by atoms with van der Waals surface area (Å²) in [6.07, 6.45) is 3.35. The third-order valence-electron chi connectivity index (χ3n) is 2.48. The van der Waals surface area contributed by atoms with Crippen molar-refractivity contribution in [3.05, 3.63) is 36.8 Å². The lowest BCUT2D eigenvalue weighted by molar-refractivity contribution is 0.339. The minimum atomic E-state index is 0.657. The highest BCUT2D eigenvalue weighted by molar-refractivity contribution is 7.99. The van der Waals surface area contributed by atoms with E-state index in [0.29, 0.717) is 17.4 Å². The number of benzene rings is 1. The molecule has 0 saturated heterocycles. The van der Waals surface area contributed by atoms with E-state index >= 15 is 0 Å². The highest BCUT2D eigenvalue weighted by atomic mass is 32.2. The summed E-state index contributed by atoms with van der Waals surface area (Å²) < 4.78 is 5.47. The molecule has 6 heteroatoms. The number of nitrogens with one attached hydrogen (secondary N) is 1. The molecule has 3 aromatic rings. The second-order valence-electron chi connectivity index (χ2n) is 3.80. The van der Waals surface area contributed by atoms with Crippen molar-refractivity contribution in [2.45, 2.75) is 17.0 Å². The molecule has 0 saturated carbocycles. The van der Waals surface area contributed by atoms with Crippen LogP contribution in [0.3, 0.4) is 0 Å².